The molecule has 1 heterocycles. The number of para-hydroxylation sites is 2. The number of thiazole rings is 1. The molecule has 1 unspecified atom stereocenters. The number of benzene rings is 3. The van der Waals surface area contributed by atoms with Crippen LogP contribution in [0.15, 0.2) is 77.7 Å². The van der Waals surface area contributed by atoms with Gasteiger partial charge >= 0.3 is 0 Å². The van der Waals surface area contributed by atoms with Crippen LogP contribution >= 0.6 is 23.1 Å². The summed E-state index contributed by atoms with van der Waals surface area (Å²) in [6.07, 6.45) is 0. The Balaban J connectivity index is 1.51. The van der Waals surface area contributed by atoms with Crippen LogP contribution in [0.25, 0.3) is 20.8 Å². The molecule has 0 aliphatic rings. The minimum Gasteiger partial charge on any atom is -0.324 e. The van der Waals surface area contributed by atoms with E-state index >= 15 is 0 Å². The Morgan fingerprint density at radius 1 is 1.07 bits per heavy atom. The molecule has 0 aliphatic carbocycles. The predicted molar refractivity (Wildman–Crippen MR) is 122 cm³/mol. The van der Waals surface area contributed by atoms with Gasteiger partial charge in [0.15, 0.2) is 0 Å². The summed E-state index contributed by atoms with van der Waals surface area (Å²) < 4.78 is 1.09. The summed E-state index contributed by atoms with van der Waals surface area (Å²) in [5.74, 6) is -0.146. The van der Waals surface area contributed by atoms with Gasteiger partial charge < -0.3 is 5.32 Å². The Morgan fingerprint density at radius 2 is 1.77 bits per heavy atom. The van der Waals surface area contributed by atoms with E-state index in [0.29, 0.717) is 5.69 Å². The summed E-state index contributed by atoms with van der Waals surface area (Å²) in [6, 6.07) is 21.7. The van der Waals surface area contributed by atoms with Gasteiger partial charge in [0.05, 0.1) is 26.1 Å². The van der Waals surface area contributed by atoms with Crippen LogP contribution in [0.4, 0.5) is 11.4 Å². The highest BCUT2D eigenvalue weighted by molar-refractivity contribution is 8.00. The second-order valence-electron chi connectivity index (χ2n) is 6.53. The highest BCUT2D eigenvalue weighted by atomic mass is 32.2. The van der Waals surface area contributed by atoms with Crippen molar-refractivity contribution in [2.75, 3.05) is 5.32 Å². The lowest BCUT2D eigenvalue weighted by molar-refractivity contribution is -0.384. The first kappa shape index (κ1) is 20.1. The number of nitro benzene ring substituents is 1. The molecule has 0 radical (unpaired) electrons. The molecule has 4 rings (SSSR count). The monoisotopic (exact) mass is 435 g/mol. The average Bonchev–Trinajstić information content (AvgIpc) is 3.18. The summed E-state index contributed by atoms with van der Waals surface area (Å²) in [5.41, 5.74) is 2.54. The molecule has 1 amide bonds. The van der Waals surface area contributed by atoms with Crippen molar-refractivity contribution in [3.8, 4) is 10.6 Å². The molecule has 6 nitrogen and oxygen atoms in total. The second kappa shape index (κ2) is 8.64. The molecule has 150 valence electrons. The van der Waals surface area contributed by atoms with Crippen LogP contribution in [-0.2, 0) is 4.79 Å². The Hall–Kier alpha value is -3.23. The van der Waals surface area contributed by atoms with Gasteiger partial charge in [0.2, 0.25) is 5.91 Å². The van der Waals surface area contributed by atoms with Gasteiger partial charge in [0.1, 0.15) is 5.01 Å². The predicted octanol–water partition coefficient (Wildman–Crippen LogP) is 5.99. The summed E-state index contributed by atoms with van der Waals surface area (Å²) in [5, 5.41) is 14.3. The lowest BCUT2D eigenvalue weighted by atomic mass is 10.2. The smallest absolute Gasteiger partial charge is 0.269 e. The summed E-state index contributed by atoms with van der Waals surface area (Å²) in [6.45, 7) is 1.81. The Morgan fingerprint density at radius 3 is 2.50 bits per heavy atom. The maximum Gasteiger partial charge on any atom is 0.269 e. The number of nitro groups is 1. The molecular formula is C22H17N3O3S2. The lowest BCUT2D eigenvalue weighted by Gasteiger charge is -2.14. The van der Waals surface area contributed by atoms with Crippen molar-refractivity contribution in [1.29, 1.82) is 0 Å². The highest BCUT2D eigenvalue weighted by Gasteiger charge is 2.18. The number of aromatic nitrogens is 1. The maximum absolute atomic E-state index is 12.8. The summed E-state index contributed by atoms with van der Waals surface area (Å²) >= 11 is 2.93. The molecule has 1 atom stereocenters. The largest absolute Gasteiger partial charge is 0.324 e. The molecule has 1 N–H and O–H groups in total. The zero-order valence-corrected chi connectivity index (χ0v) is 17.6. The minimum absolute atomic E-state index is 0.0289. The third kappa shape index (κ3) is 4.34. The van der Waals surface area contributed by atoms with E-state index < -0.39 is 4.92 Å². The van der Waals surface area contributed by atoms with Crippen LogP contribution in [0.5, 0.6) is 0 Å². The average molecular weight is 436 g/mol. The van der Waals surface area contributed by atoms with Crippen LogP contribution in [0.1, 0.15) is 6.92 Å². The fourth-order valence-electron chi connectivity index (χ4n) is 2.90. The number of fused-ring (bicyclic) bond motifs is 1. The van der Waals surface area contributed by atoms with Crippen LogP contribution in [0.3, 0.4) is 0 Å². The van der Waals surface area contributed by atoms with Crippen LogP contribution < -0.4 is 5.32 Å². The number of rotatable bonds is 6. The molecule has 4 aromatic rings. The number of carbonyl (C=O) groups is 1. The molecular weight excluding hydrogens is 418 g/mol. The minimum atomic E-state index is -0.441. The van der Waals surface area contributed by atoms with Gasteiger partial charge in [-0.05, 0) is 43.3 Å². The van der Waals surface area contributed by atoms with Crippen molar-refractivity contribution in [2.24, 2.45) is 0 Å². The highest BCUT2D eigenvalue weighted by Crippen LogP contribution is 2.35. The van der Waals surface area contributed by atoms with Gasteiger partial charge in [-0.2, -0.15) is 0 Å². The molecule has 0 spiro atoms. The number of thioether (sulfide) groups is 1. The van der Waals surface area contributed by atoms with Crippen LogP contribution in [-0.4, -0.2) is 21.1 Å². The molecule has 0 saturated heterocycles. The normalized spacial score (nSPS) is 11.9. The molecule has 8 heteroatoms. The van der Waals surface area contributed by atoms with Crippen molar-refractivity contribution in [1.82, 2.24) is 4.98 Å². The van der Waals surface area contributed by atoms with E-state index in [0.717, 1.165) is 25.7 Å². The van der Waals surface area contributed by atoms with E-state index in [-0.39, 0.29) is 16.8 Å². The van der Waals surface area contributed by atoms with E-state index in [1.54, 1.807) is 23.5 Å². The second-order valence-corrected chi connectivity index (χ2v) is 8.98. The first-order chi connectivity index (χ1) is 14.5. The zero-order chi connectivity index (χ0) is 21.1. The number of amides is 1. The van der Waals surface area contributed by atoms with Gasteiger partial charge in [-0.15, -0.1) is 23.1 Å². The third-order valence-corrected chi connectivity index (χ3v) is 6.62. The quantitative estimate of drug-likeness (QED) is 0.228. The van der Waals surface area contributed by atoms with Gasteiger partial charge in [0, 0.05) is 22.6 Å². The van der Waals surface area contributed by atoms with E-state index in [1.165, 1.54) is 23.9 Å². The fourth-order valence-corrected chi connectivity index (χ4v) is 4.78. The maximum atomic E-state index is 12.8. The van der Waals surface area contributed by atoms with Gasteiger partial charge in [0.25, 0.3) is 5.69 Å². The Labute approximate surface area is 181 Å². The lowest BCUT2D eigenvalue weighted by Crippen LogP contribution is -2.22. The van der Waals surface area contributed by atoms with Crippen molar-refractivity contribution in [2.45, 2.75) is 17.1 Å². The molecule has 0 fully saturated rings. The first-order valence-corrected chi connectivity index (χ1v) is 10.9. The number of anilines is 1. The topological polar surface area (TPSA) is 85.1 Å². The van der Waals surface area contributed by atoms with Gasteiger partial charge in [-0.3, -0.25) is 14.9 Å². The molecule has 3 aromatic carbocycles. The van der Waals surface area contributed by atoms with Gasteiger partial charge in [-0.1, -0.05) is 24.3 Å². The SMILES string of the molecule is CC(Sc1ccc([N+](=O)[O-])cc1)C(=O)Nc1ccccc1-c1nc2ccccc2s1. The molecule has 30 heavy (non-hydrogen) atoms. The Kier molecular flexibility index (Phi) is 5.78. The number of nitrogens with one attached hydrogen (secondary N) is 1. The van der Waals surface area contributed by atoms with Crippen molar-refractivity contribution < 1.29 is 9.72 Å². The van der Waals surface area contributed by atoms with Crippen molar-refractivity contribution in [3.05, 3.63) is 82.9 Å². The molecule has 0 aliphatic heterocycles. The van der Waals surface area contributed by atoms with Crippen LogP contribution in [0.2, 0.25) is 0 Å². The fraction of sp³-hybridized carbons (Fsp3) is 0.0909. The Bertz CT molecular complexity index is 1190. The summed E-state index contributed by atoms with van der Waals surface area (Å²) in [4.78, 5) is 28.6. The van der Waals surface area contributed by atoms with Gasteiger partial charge in [-0.25, -0.2) is 4.98 Å². The van der Waals surface area contributed by atoms with E-state index in [9.17, 15) is 14.9 Å². The molecule has 0 saturated carbocycles. The third-order valence-electron chi connectivity index (χ3n) is 4.44. The van der Waals surface area contributed by atoms with E-state index in [2.05, 4.69) is 5.32 Å². The number of hydrogen-bond acceptors (Lipinski definition) is 6. The van der Waals surface area contributed by atoms with Crippen LogP contribution in [0, 0.1) is 10.1 Å². The molecule has 0 bridgehead atoms. The zero-order valence-electron chi connectivity index (χ0n) is 15.9. The number of non-ortho nitro benzene ring substituents is 1. The number of nitrogens with zero attached hydrogens (tertiary/aromatic N) is 2. The first-order valence-electron chi connectivity index (χ1n) is 9.18. The van der Waals surface area contributed by atoms with E-state index in [1.807, 2.05) is 55.5 Å². The molecule has 1 aromatic heterocycles. The standard InChI is InChI=1S/C22H17N3O3S2/c1-14(29-16-12-10-15(11-13-16)25(27)28)21(26)23-18-7-3-2-6-17(18)22-24-19-8-4-5-9-20(19)30-22/h2-14H,1H3,(H,23,26). The number of hydrogen-bond donors (Lipinski definition) is 1. The summed E-state index contributed by atoms with van der Waals surface area (Å²) in [7, 11) is 0. The number of carbonyl (C=O) groups excluding carboxylic acids is 1. The van der Waals surface area contributed by atoms with Crippen molar-refractivity contribution in [3.63, 3.8) is 0 Å². The van der Waals surface area contributed by atoms with E-state index in [4.69, 9.17) is 4.98 Å². The van der Waals surface area contributed by atoms with Crippen molar-refractivity contribution >= 4 is 50.6 Å².